The highest BCUT2D eigenvalue weighted by Gasteiger charge is 2.33. The van der Waals surface area contributed by atoms with E-state index in [0.29, 0.717) is 0 Å². The van der Waals surface area contributed by atoms with Gasteiger partial charge in [-0.3, -0.25) is 0 Å². The third-order valence-electron chi connectivity index (χ3n) is 6.80. The van der Waals surface area contributed by atoms with E-state index in [0.717, 1.165) is 11.3 Å². The van der Waals surface area contributed by atoms with Crippen LogP contribution in [0.1, 0.15) is 75.3 Å². The van der Waals surface area contributed by atoms with E-state index in [4.69, 9.17) is 0 Å². The largest absolute Gasteiger partial charge is 0.0683 e. The molecule has 4 rings (SSSR count). The molecular formula is C26H35P. The van der Waals surface area contributed by atoms with Gasteiger partial charge in [-0.05, 0) is 72.8 Å². The maximum absolute atomic E-state index is 2.51. The van der Waals surface area contributed by atoms with Gasteiger partial charge in [-0.2, -0.15) is 0 Å². The zero-order valence-corrected chi connectivity index (χ0v) is 18.1. The summed E-state index contributed by atoms with van der Waals surface area (Å²) in [4.78, 5) is 0. The summed E-state index contributed by atoms with van der Waals surface area (Å²) >= 11 is 0. The third kappa shape index (κ3) is 4.32. The van der Waals surface area contributed by atoms with Gasteiger partial charge in [-0.25, -0.2) is 0 Å². The first-order valence-electron chi connectivity index (χ1n) is 11.2. The highest BCUT2D eigenvalue weighted by molar-refractivity contribution is 7.67. The van der Waals surface area contributed by atoms with Crippen LogP contribution in [0.2, 0.25) is 0 Å². The first kappa shape index (κ1) is 19.2. The van der Waals surface area contributed by atoms with E-state index in [-0.39, 0.29) is 7.92 Å². The maximum Gasteiger partial charge on any atom is -0.0104 e. The average molecular weight is 379 g/mol. The Kier molecular flexibility index (Phi) is 6.34. The van der Waals surface area contributed by atoms with Gasteiger partial charge in [0.05, 0.1) is 0 Å². The molecule has 144 valence electrons. The lowest BCUT2D eigenvalue weighted by Crippen LogP contribution is -2.27. The van der Waals surface area contributed by atoms with Crippen molar-refractivity contribution in [1.82, 2.24) is 0 Å². The van der Waals surface area contributed by atoms with Gasteiger partial charge in [0.1, 0.15) is 0 Å². The number of hydrogen-bond acceptors (Lipinski definition) is 0. The molecule has 2 aliphatic rings. The molecule has 0 saturated heterocycles. The second kappa shape index (κ2) is 8.91. The van der Waals surface area contributed by atoms with Crippen molar-refractivity contribution in [2.75, 3.05) is 0 Å². The van der Waals surface area contributed by atoms with Gasteiger partial charge in [-0.15, -0.1) is 0 Å². The van der Waals surface area contributed by atoms with Crippen molar-refractivity contribution in [3.8, 4) is 11.1 Å². The molecule has 2 aliphatic carbocycles. The monoisotopic (exact) mass is 378 g/mol. The molecule has 2 saturated carbocycles. The van der Waals surface area contributed by atoms with Crippen LogP contribution < -0.4 is 5.30 Å². The zero-order chi connectivity index (χ0) is 18.6. The first-order chi connectivity index (χ1) is 13.2. The summed E-state index contributed by atoms with van der Waals surface area (Å²) in [6.07, 6.45) is 14.7. The third-order valence-corrected chi connectivity index (χ3v) is 10.4. The minimum Gasteiger partial charge on any atom is -0.0683 e. The van der Waals surface area contributed by atoms with Gasteiger partial charge in [0.15, 0.2) is 0 Å². The van der Waals surface area contributed by atoms with Crippen molar-refractivity contribution in [2.45, 2.75) is 89.4 Å². The van der Waals surface area contributed by atoms with Crippen molar-refractivity contribution >= 4 is 13.2 Å². The van der Waals surface area contributed by atoms with Crippen LogP contribution in [-0.4, -0.2) is 11.3 Å². The van der Waals surface area contributed by atoms with E-state index in [2.05, 4.69) is 56.3 Å². The molecule has 2 aromatic rings. The van der Waals surface area contributed by atoms with Gasteiger partial charge in [0, 0.05) is 0 Å². The minimum atomic E-state index is -0.0585. The molecule has 0 bridgehead atoms. The smallest absolute Gasteiger partial charge is 0.0104 e. The Morgan fingerprint density at radius 3 is 1.89 bits per heavy atom. The van der Waals surface area contributed by atoms with Gasteiger partial charge in [-0.1, -0.05) is 94.5 Å². The SMILES string of the molecule is Cc1ccc(C)c(-c2ccccc2P(C2CCCCC2)C2CCCCC2)c1. The summed E-state index contributed by atoms with van der Waals surface area (Å²) in [5, 5.41) is 1.72. The number of aryl methyl sites for hydroxylation is 2. The molecule has 0 unspecified atom stereocenters. The zero-order valence-electron chi connectivity index (χ0n) is 17.2. The summed E-state index contributed by atoms with van der Waals surface area (Å²) in [7, 11) is -0.0585. The maximum atomic E-state index is 2.51. The molecule has 0 atom stereocenters. The summed E-state index contributed by atoms with van der Waals surface area (Å²) < 4.78 is 0. The van der Waals surface area contributed by atoms with Crippen LogP contribution in [0.3, 0.4) is 0 Å². The number of benzene rings is 2. The molecule has 0 aliphatic heterocycles. The quantitative estimate of drug-likeness (QED) is 0.477. The highest BCUT2D eigenvalue weighted by Crippen LogP contribution is 2.56. The first-order valence-corrected chi connectivity index (χ1v) is 12.7. The van der Waals surface area contributed by atoms with E-state index in [9.17, 15) is 0 Å². The molecule has 0 spiro atoms. The Labute approximate surface area is 167 Å². The number of hydrogen-bond donors (Lipinski definition) is 0. The topological polar surface area (TPSA) is 0 Å². The predicted molar refractivity (Wildman–Crippen MR) is 122 cm³/mol. The van der Waals surface area contributed by atoms with Gasteiger partial charge < -0.3 is 0 Å². The molecule has 2 fully saturated rings. The molecule has 2 aromatic carbocycles. The van der Waals surface area contributed by atoms with Crippen LogP contribution >= 0.6 is 7.92 Å². The van der Waals surface area contributed by atoms with Crippen molar-refractivity contribution in [1.29, 1.82) is 0 Å². The lowest BCUT2D eigenvalue weighted by atomic mass is 9.98. The van der Waals surface area contributed by atoms with Crippen LogP contribution in [0.15, 0.2) is 42.5 Å². The molecule has 27 heavy (non-hydrogen) atoms. The fourth-order valence-electron chi connectivity index (χ4n) is 5.36. The van der Waals surface area contributed by atoms with E-state index in [1.54, 1.807) is 10.9 Å². The molecule has 0 N–H and O–H groups in total. The van der Waals surface area contributed by atoms with Crippen molar-refractivity contribution in [3.63, 3.8) is 0 Å². The summed E-state index contributed by atoms with van der Waals surface area (Å²) in [5.41, 5.74) is 7.75. The van der Waals surface area contributed by atoms with Crippen LogP contribution in [0.25, 0.3) is 11.1 Å². The van der Waals surface area contributed by atoms with Gasteiger partial charge >= 0.3 is 0 Å². The van der Waals surface area contributed by atoms with Gasteiger partial charge in [0.2, 0.25) is 0 Å². The van der Waals surface area contributed by atoms with Crippen LogP contribution in [-0.2, 0) is 0 Å². The average Bonchev–Trinajstić information content (AvgIpc) is 2.72. The Morgan fingerprint density at radius 2 is 1.26 bits per heavy atom. The van der Waals surface area contributed by atoms with Crippen LogP contribution in [0.5, 0.6) is 0 Å². The molecule has 1 heteroatoms. The summed E-state index contributed by atoms with van der Waals surface area (Å²) in [5.74, 6) is 0. The molecule has 0 radical (unpaired) electrons. The Morgan fingerprint density at radius 1 is 0.667 bits per heavy atom. The lowest BCUT2D eigenvalue weighted by Gasteiger charge is -2.39. The van der Waals surface area contributed by atoms with E-state index >= 15 is 0 Å². The van der Waals surface area contributed by atoms with Crippen molar-refractivity contribution in [2.24, 2.45) is 0 Å². The molecule has 0 amide bonds. The lowest BCUT2D eigenvalue weighted by molar-refractivity contribution is 0.487. The summed E-state index contributed by atoms with van der Waals surface area (Å²) in [6.45, 7) is 4.52. The molecule has 0 heterocycles. The fourth-order valence-corrected chi connectivity index (χ4v) is 9.32. The predicted octanol–water partition coefficient (Wildman–Crippen LogP) is 7.74. The van der Waals surface area contributed by atoms with Crippen LogP contribution in [0, 0.1) is 13.8 Å². The van der Waals surface area contributed by atoms with E-state index in [1.807, 2.05) is 0 Å². The van der Waals surface area contributed by atoms with E-state index in [1.165, 1.54) is 80.9 Å². The van der Waals surface area contributed by atoms with Gasteiger partial charge in [0.25, 0.3) is 0 Å². The van der Waals surface area contributed by atoms with Crippen molar-refractivity contribution < 1.29 is 0 Å². The normalized spacial score (nSPS) is 19.5. The second-order valence-corrected chi connectivity index (χ2v) is 11.6. The Bertz CT molecular complexity index is 733. The number of rotatable bonds is 4. The summed E-state index contributed by atoms with van der Waals surface area (Å²) in [6, 6.07) is 16.5. The van der Waals surface area contributed by atoms with E-state index < -0.39 is 0 Å². The minimum absolute atomic E-state index is 0.0585. The second-order valence-electron chi connectivity index (χ2n) is 8.83. The highest BCUT2D eigenvalue weighted by atomic mass is 31.1. The molecule has 0 nitrogen and oxygen atoms in total. The van der Waals surface area contributed by atoms with Crippen molar-refractivity contribution in [3.05, 3.63) is 53.6 Å². The molecule has 0 aromatic heterocycles. The Balaban J connectivity index is 1.78. The molecular weight excluding hydrogens is 343 g/mol. The Hall–Kier alpha value is -1.13. The standard InChI is InChI=1S/C26H35P/c1-20-17-18-21(2)25(19-20)24-15-9-10-16-26(24)27(22-11-5-3-6-12-22)23-13-7-4-8-14-23/h9-10,15-19,22-23H,3-8,11-14H2,1-2H3. The fraction of sp³-hybridized carbons (Fsp3) is 0.538. The van der Waals surface area contributed by atoms with Crippen LogP contribution in [0.4, 0.5) is 0 Å².